The normalized spacial score (nSPS) is 18.1. The van der Waals surface area contributed by atoms with Crippen LogP contribution < -0.4 is 4.90 Å². The summed E-state index contributed by atoms with van der Waals surface area (Å²) in [6, 6.07) is 8.24. The van der Waals surface area contributed by atoms with Gasteiger partial charge in [0.2, 0.25) is 5.95 Å². The first-order valence-corrected chi connectivity index (χ1v) is 9.34. The van der Waals surface area contributed by atoms with Crippen LogP contribution in [0.3, 0.4) is 0 Å². The number of anilines is 1. The first kappa shape index (κ1) is 15.6. The molecule has 0 spiro atoms. The van der Waals surface area contributed by atoms with Crippen molar-refractivity contribution >= 4 is 28.3 Å². The highest BCUT2D eigenvalue weighted by molar-refractivity contribution is 7.09. The molecule has 0 aliphatic carbocycles. The van der Waals surface area contributed by atoms with Crippen LogP contribution in [0.15, 0.2) is 29.8 Å². The van der Waals surface area contributed by atoms with Gasteiger partial charge in [0.25, 0.3) is 0 Å². The molecule has 0 saturated carbocycles. The summed E-state index contributed by atoms with van der Waals surface area (Å²) < 4.78 is 0. The zero-order valence-corrected chi connectivity index (χ0v) is 15.0. The quantitative estimate of drug-likeness (QED) is 0.774. The molecule has 0 amide bonds. The standard InChI is InChI=1S/C18H23N5S/c1-13-17(24-12-19-13)11-22(2)9-14-7-8-23(10-14)18-20-15-5-3-4-6-16(15)21-18/h3-6,12,14H,7-11H2,1-2H3,(H,20,21)/t14-/m1/s1. The molecule has 3 heterocycles. The fourth-order valence-electron chi connectivity index (χ4n) is 3.49. The molecular formula is C18H23N5S. The van der Waals surface area contributed by atoms with Crippen LogP contribution in [0, 0.1) is 12.8 Å². The van der Waals surface area contributed by atoms with Crippen LogP contribution in [-0.2, 0) is 6.54 Å². The Balaban J connectivity index is 1.36. The summed E-state index contributed by atoms with van der Waals surface area (Å²) >= 11 is 1.76. The van der Waals surface area contributed by atoms with Gasteiger partial charge in [0.05, 0.1) is 22.2 Å². The van der Waals surface area contributed by atoms with E-state index in [9.17, 15) is 0 Å². The van der Waals surface area contributed by atoms with E-state index in [1.54, 1.807) is 11.3 Å². The van der Waals surface area contributed by atoms with E-state index >= 15 is 0 Å². The summed E-state index contributed by atoms with van der Waals surface area (Å²) in [6.45, 7) is 6.37. The Morgan fingerprint density at radius 3 is 3.04 bits per heavy atom. The third kappa shape index (κ3) is 3.16. The lowest BCUT2D eigenvalue weighted by Gasteiger charge is -2.21. The number of rotatable bonds is 5. The first-order chi connectivity index (χ1) is 11.7. The van der Waals surface area contributed by atoms with Gasteiger partial charge in [-0.1, -0.05) is 12.1 Å². The molecule has 1 atom stereocenters. The van der Waals surface area contributed by atoms with Crippen LogP contribution in [0.2, 0.25) is 0 Å². The van der Waals surface area contributed by atoms with Crippen molar-refractivity contribution in [3.8, 4) is 0 Å². The second-order valence-electron chi connectivity index (χ2n) is 6.74. The van der Waals surface area contributed by atoms with E-state index in [-0.39, 0.29) is 0 Å². The number of hydrogen-bond donors (Lipinski definition) is 1. The van der Waals surface area contributed by atoms with E-state index in [1.807, 2.05) is 17.6 Å². The lowest BCUT2D eigenvalue weighted by atomic mass is 10.1. The molecule has 6 heteroatoms. The van der Waals surface area contributed by atoms with Crippen molar-refractivity contribution < 1.29 is 0 Å². The number of para-hydroxylation sites is 2. The molecular weight excluding hydrogens is 318 g/mol. The van der Waals surface area contributed by atoms with E-state index < -0.39 is 0 Å². The molecule has 0 bridgehead atoms. The molecule has 1 N–H and O–H groups in total. The Morgan fingerprint density at radius 1 is 1.38 bits per heavy atom. The number of aromatic amines is 1. The molecule has 3 aromatic rings. The number of aryl methyl sites for hydroxylation is 1. The summed E-state index contributed by atoms with van der Waals surface area (Å²) in [5.41, 5.74) is 5.28. The molecule has 1 fully saturated rings. The maximum atomic E-state index is 4.73. The van der Waals surface area contributed by atoms with Gasteiger partial charge in [0.1, 0.15) is 0 Å². The monoisotopic (exact) mass is 341 g/mol. The van der Waals surface area contributed by atoms with E-state index in [2.05, 4.69) is 45.9 Å². The summed E-state index contributed by atoms with van der Waals surface area (Å²) in [5.74, 6) is 1.70. The molecule has 1 aliphatic rings. The van der Waals surface area contributed by atoms with Gasteiger partial charge in [-0.25, -0.2) is 9.97 Å². The Morgan fingerprint density at radius 2 is 2.25 bits per heavy atom. The number of fused-ring (bicyclic) bond motifs is 1. The molecule has 1 aromatic carbocycles. The van der Waals surface area contributed by atoms with Crippen molar-refractivity contribution in [2.24, 2.45) is 5.92 Å². The third-order valence-electron chi connectivity index (χ3n) is 4.79. The molecule has 4 rings (SSSR count). The molecule has 126 valence electrons. The topological polar surface area (TPSA) is 48.1 Å². The lowest BCUT2D eigenvalue weighted by Crippen LogP contribution is -2.28. The Labute approximate surface area is 146 Å². The average molecular weight is 341 g/mol. The van der Waals surface area contributed by atoms with Gasteiger partial charge in [-0.05, 0) is 38.4 Å². The number of aromatic nitrogens is 3. The highest BCUT2D eigenvalue weighted by Gasteiger charge is 2.25. The molecule has 0 unspecified atom stereocenters. The Bertz CT molecular complexity index is 791. The van der Waals surface area contributed by atoms with Crippen LogP contribution in [-0.4, -0.2) is 46.5 Å². The van der Waals surface area contributed by atoms with E-state index in [1.165, 1.54) is 17.0 Å². The molecule has 1 aliphatic heterocycles. The predicted molar refractivity (Wildman–Crippen MR) is 99.6 cm³/mol. The van der Waals surface area contributed by atoms with Crippen LogP contribution in [0.4, 0.5) is 5.95 Å². The van der Waals surface area contributed by atoms with Crippen LogP contribution >= 0.6 is 11.3 Å². The van der Waals surface area contributed by atoms with Gasteiger partial charge < -0.3 is 14.8 Å². The van der Waals surface area contributed by atoms with Crippen molar-refractivity contribution in [3.63, 3.8) is 0 Å². The number of thiazole rings is 1. The predicted octanol–water partition coefficient (Wildman–Crippen LogP) is 3.29. The fraction of sp³-hybridized carbons (Fsp3) is 0.444. The highest BCUT2D eigenvalue weighted by atomic mass is 32.1. The number of hydrogen-bond acceptors (Lipinski definition) is 5. The minimum atomic E-state index is 0.691. The zero-order valence-electron chi connectivity index (χ0n) is 14.2. The summed E-state index contributed by atoms with van der Waals surface area (Å²) in [5, 5.41) is 0. The van der Waals surface area contributed by atoms with Crippen LogP contribution in [0.5, 0.6) is 0 Å². The van der Waals surface area contributed by atoms with Gasteiger partial charge >= 0.3 is 0 Å². The fourth-order valence-corrected chi connectivity index (χ4v) is 4.35. The SMILES string of the molecule is Cc1ncsc1CN(C)C[C@H]1CCN(c2nc3ccccc3[nH]2)C1. The maximum Gasteiger partial charge on any atom is 0.203 e. The van der Waals surface area contributed by atoms with Gasteiger partial charge in [-0.15, -0.1) is 11.3 Å². The highest BCUT2D eigenvalue weighted by Crippen LogP contribution is 2.25. The largest absolute Gasteiger partial charge is 0.342 e. The minimum Gasteiger partial charge on any atom is -0.342 e. The van der Waals surface area contributed by atoms with Crippen molar-refractivity contribution in [2.75, 3.05) is 31.6 Å². The molecule has 0 radical (unpaired) electrons. The molecule has 1 saturated heterocycles. The second-order valence-corrected chi connectivity index (χ2v) is 7.68. The maximum absolute atomic E-state index is 4.73. The Kier molecular flexibility index (Phi) is 4.24. The van der Waals surface area contributed by atoms with Gasteiger partial charge in [-0.3, -0.25) is 0 Å². The molecule has 2 aromatic heterocycles. The summed E-state index contributed by atoms with van der Waals surface area (Å²) in [7, 11) is 2.21. The number of nitrogens with one attached hydrogen (secondary N) is 1. The van der Waals surface area contributed by atoms with Crippen molar-refractivity contribution in [1.82, 2.24) is 19.9 Å². The van der Waals surface area contributed by atoms with E-state index in [4.69, 9.17) is 4.98 Å². The lowest BCUT2D eigenvalue weighted by molar-refractivity contribution is 0.281. The third-order valence-corrected chi connectivity index (χ3v) is 5.71. The zero-order chi connectivity index (χ0) is 16.5. The first-order valence-electron chi connectivity index (χ1n) is 8.46. The van der Waals surface area contributed by atoms with Crippen molar-refractivity contribution in [2.45, 2.75) is 19.9 Å². The summed E-state index contributed by atoms with van der Waals surface area (Å²) in [4.78, 5) is 18.7. The van der Waals surface area contributed by atoms with E-state index in [0.717, 1.165) is 43.2 Å². The van der Waals surface area contributed by atoms with Gasteiger partial charge in [-0.2, -0.15) is 0 Å². The van der Waals surface area contributed by atoms with Gasteiger partial charge in [0.15, 0.2) is 0 Å². The summed E-state index contributed by atoms with van der Waals surface area (Å²) in [6.07, 6.45) is 1.23. The second kappa shape index (κ2) is 6.53. The van der Waals surface area contributed by atoms with E-state index in [0.29, 0.717) is 5.92 Å². The van der Waals surface area contributed by atoms with Crippen LogP contribution in [0.25, 0.3) is 11.0 Å². The number of nitrogens with zero attached hydrogens (tertiary/aromatic N) is 4. The number of benzene rings is 1. The van der Waals surface area contributed by atoms with Crippen molar-refractivity contribution in [1.29, 1.82) is 0 Å². The average Bonchev–Trinajstić information content (AvgIpc) is 3.27. The van der Waals surface area contributed by atoms with Crippen LogP contribution in [0.1, 0.15) is 17.0 Å². The Hall–Kier alpha value is -1.92. The van der Waals surface area contributed by atoms with Crippen molar-refractivity contribution in [3.05, 3.63) is 40.3 Å². The minimum absolute atomic E-state index is 0.691. The molecule has 5 nitrogen and oxygen atoms in total. The number of imidazole rings is 1. The van der Waals surface area contributed by atoms with Gasteiger partial charge in [0, 0.05) is 31.1 Å². The smallest absolute Gasteiger partial charge is 0.203 e. The number of H-pyrrole nitrogens is 1. The molecule has 24 heavy (non-hydrogen) atoms.